The second kappa shape index (κ2) is 8.45. The first-order valence-electron chi connectivity index (χ1n) is 3.72. The summed E-state index contributed by atoms with van der Waals surface area (Å²) in [6.07, 6.45) is 0.00154. The van der Waals surface area contributed by atoms with Crippen LogP contribution in [0.4, 0.5) is 0 Å². The van der Waals surface area contributed by atoms with E-state index in [1.54, 1.807) is 0 Å². The van der Waals surface area contributed by atoms with E-state index in [4.69, 9.17) is 14.6 Å². The topological polar surface area (TPSA) is 75.7 Å². The summed E-state index contributed by atoms with van der Waals surface area (Å²) >= 11 is 0. The number of carboxylic acids is 1. The summed E-state index contributed by atoms with van der Waals surface area (Å²) in [5, 5.41) is 18.1. The monoisotopic (exact) mass is 177 g/mol. The zero-order chi connectivity index (χ0) is 9.23. The van der Waals surface area contributed by atoms with E-state index in [1.807, 2.05) is 0 Å². The first-order valence-corrected chi connectivity index (χ1v) is 3.72. The lowest BCUT2D eigenvalue weighted by Crippen LogP contribution is -2.09. The van der Waals surface area contributed by atoms with Gasteiger partial charge in [0.05, 0.1) is 32.8 Å². The molecule has 0 aliphatic heterocycles. The fraction of sp³-hybridized carbons (Fsp3) is 0.857. The molecule has 1 radical (unpaired) electrons. The average molecular weight is 177 g/mol. The van der Waals surface area contributed by atoms with Gasteiger partial charge in [0.1, 0.15) is 6.61 Å². The minimum atomic E-state index is -0.879. The van der Waals surface area contributed by atoms with Gasteiger partial charge in [0.15, 0.2) is 0 Å². The van der Waals surface area contributed by atoms with Gasteiger partial charge in [0.25, 0.3) is 0 Å². The van der Waals surface area contributed by atoms with Crippen molar-refractivity contribution in [2.24, 2.45) is 0 Å². The van der Waals surface area contributed by atoms with Crippen molar-refractivity contribution < 1.29 is 24.5 Å². The van der Waals surface area contributed by atoms with Crippen LogP contribution in [0.1, 0.15) is 6.42 Å². The van der Waals surface area contributed by atoms with Crippen LogP contribution in [0.25, 0.3) is 0 Å². The van der Waals surface area contributed by atoms with Gasteiger partial charge in [-0.2, -0.15) is 0 Å². The van der Waals surface area contributed by atoms with E-state index in [-0.39, 0.29) is 26.2 Å². The van der Waals surface area contributed by atoms with Crippen molar-refractivity contribution in [2.45, 2.75) is 6.42 Å². The molecule has 0 aromatic carbocycles. The molecule has 0 fully saturated rings. The predicted molar refractivity (Wildman–Crippen MR) is 39.4 cm³/mol. The summed E-state index contributed by atoms with van der Waals surface area (Å²) in [6, 6.07) is 0. The lowest BCUT2D eigenvalue weighted by Gasteiger charge is -2.02. The largest absolute Gasteiger partial charge is 0.481 e. The molecule has 0 amide bonds. The van der Waals surface area contributed by atoms with E-state index < -0.39 is 5.97 Å². The molecule has 0 unspecified atom stereocenters. The average Bonchev–Trinajstić information content (AvgIpc) is 2.02. The molecule has 0 aromatic heterocycles. The molecule has 0 aromatic rings. The zero-order valence-corrected chi connectivity index (χ0v) is 6.82. The maximum atomic E-state index is 9.98. The Bertz CT molecular complexity index is 114. The first kappa shape index (κ1) is 11.4. The zero-order valence-electron chi connectivity index (χ0n) is 6.82. The van der Waals surface area contributed by atoms with E-state index in [0.29, 0.717) is 13.2 Å². The van der Waals surface area contributed by atoms with Gasteiger partial charge in [-0.05, 0) is 0 Å². The quantitative estimate of drug-likeness (QED) is 0.526. The Balaban J connectivity index is 2.86. The molecule has 71 valence electrons. The van der Waals surface area contributed by atoms with Crippen LogP contribution in [0.5, 0.6) is 0 Å². The molecule has 1 N–H and O–H groups in total. The lowest BCUT2D eigenvalue weighted by molar-refractivity contribution is -0.138. The van der Waals surface area contributed by atoms with Crippen LogP contribution in [-0.4, -0.2) is 44.1 Å². The summed E-state index contributed by atoms with van der Waals surface area (Å²) in [7, 11) is 0. The van der Waals surface area contributed by atoms with Gasteiger partial charge in [-0.25, -0.2) is 5.11 Å². The van der Waals surface area contributed by atoms with Crippen molar-refractivity contribution in [3.63, 3.8) is 0 Å². The highest BCUT2D eigenvalue weighted by Gasteiger charge is 1.95. The van der Waals surface area contributed by atoms with Gasteiger partial charge >= 0.3 is 5.97 Å². The molecule has 0 saturated heterocycles. The number of hydrogen-bond donors (Lipinski definition) is 1. The molecule has 0 heterocycles. The van der Waals surface area contributed by atoms with Gasteiger partial charge in [-0.1, -0.05) is 0 Å². The molecule has 0 atom stereocenters. The lowest BCUT2D eigenvalue weighted by atomic mass is 10.5. The Morgan fingerprint density at radius 1 is 1.08 bits per heavy atom. The molecule has 0 rings (SSSR count). The molecule has 12 heavy (non-hydrogen) atoms. The van der Waals surface area contributed by atoms with Crippen molar-refractivity contribution in [3.05, 3.63) is 0 Å². The fourth-order valence-corrected chi connectivity index (χ4v) is 0.540. The van der Waals surface area contributed by atoms with Gasteiger partial charge in [0.2, 0.25) is 0 Å². The number of rotatable bonds is 8. The van der Waals surface area contributed by atoms with Crippen LogP contribution in [-0.2, 0) is 19.4 Å². The van der Waals surface area contributed by atoms with E-state index in [2.05, 4.69) is 0 Å². The minimum absolute atomic E-state index is 0.00154. The third kappa shape index (κ3) is 9.35. The number of hydrogen-bond acceptors (Lipinski definition) is 3. The van der Waals surface area contributed by atoms with Gasteiger partial charge < -0.3 is 14.6 Å². The SMILES string of the molecule is [O]CCOCCOCCC(=O)O. The Labute approximate surface area is 70.9 Å². The third-order valence-corrected chi connectivity index (χ3v) is 1.06. The Kier molecular flexibility index (Phi) is 7.99. The molecule has 0 saturated carbocycles. The number of ether oxygens (including phenoxy) is 2. The second-order valence-electron chi connectivity index (χ2n) is 2.07. The van der Waals surface area contributed by atoms with Crippen molar-refractivity contribution in [3.8, 4) is 0 Å². The fourth-order valence-electron chi connectivity index (χ4n) is 0.540. The molecule has 5 heteroatoms. The maximum absolute atomic E-state index is 9.98. The van der Waals surface area contributed by atoms with E-state index in [1.165, 1.54) is 0 Å². The molecule has 0 aliphatic carbocycles. The van der Waals surface area contributed by atoms with Crippen LogP contribution < -0.4 is 0 Å². The summed E-state index contributed by atoms with van der Waals surface area (Å²) in [4.78, 5) is 9.98. The molecule has 5 nitrogen and oxygen atoms in total. The van der Waals surface area contributed by atoms with Gasteiger partial charge in [0, 0.05) is 0 Å². The number of aliphatic carboxylic acids is 1. The molecule has 0 bridgehead atoms. The Morgan fingerprint density at radius 3 is 2.17 bits per heavy atom. The van der Waals surface area contributed by atoms with Crippen molar-refractivity contribution >= 4 is 5.97 Å². The molecule has 0 aliphatic rings. The Morgan fingerprint density at radius 2 is 1.67 bits per heavy atom. The smallest absolute Gasteiger partial charge is 0.305 e. The standard InChI is InChI=1S/C7H13O5/c8-2-4-12-6-5-11-3-1-7(9)10/h1-6H2,(H,9,10). The number of carbonyl (C=O) groups is 1. The summed E-state index contributed by atoms with van der Waals surface area (Å²) in [6.45, 7) is 0.808. The maximum Gasteiger partial charge on any atom is 0.305 e. The van der Waals surface area contributed by atoms with Crippen LogP contribution >= 0.6 is 0 Å². The van der Waals surface area contributed by atoms with Crippen molar-refractivity contribution in [1.29, 1.82) is 0 Å². The highest BCUT2D eigenvalue weighted by molar-refractivity contribution is 5.66. The van der Waals surface area contributed by atoms with Crippen LogP contribution in [0.15, 0.2) is 0 Å². The van der Waals surface area contributed by atoms with Gasteiger partial charge in [-0.15, -0.1) is 0 Å². The van der Waals surface area contributed by atoms with Crippen LogP contribution in [0.2, 0.25) is 0 Å². The molecular formula is C7H13O5. The highest BCUT2D eigenvalue weighted by atomic mass is 16.5. The second-order valence-corrected chi connectivity index (χ2v) is 2.07. The summed E-state index contributed by atoms with van der Waals surface area (Å²) in [5.74, 6) is -0.879. The van der Waals surface area contributed by atoms with Crippen LogP contribution in [0.3, 0.4) is 0 Å². The summed E-state index contributed by atoms with van der Waals surface area (Å²) < 4.78 is 9.69. The minimum Gasteiger partial charge on any atom is -0.481 e. The molecule has 0 spiro atoms. The van der Waals surface area contributed by atoms with Crippen LogP contribution in [0, 0.1) is 0 Å². The van der Waals surface area contributed by atoms with E-state index in [0.717, 1.165) is 0 Å². The van der Waals surface area contributed by atoms with Crippen molar-refractivity contribution in [2.75, 3.05) is 33.0 Å². The normalized spacial score (nSPS) is 10.1. The highest BCUT2D eigenvalue weighted by Crippen LogP contribution is 1.83. The van der Waals surface area contributed by atoms with Gasteiger partial charge in [-0.3, -0.25) is 4.79 Å². The molecular weight excluding hydrogens is 164 g/mol. The Hall–Kier alpha value is -0.650. The summed E-state index contributed by atoms with van der Waals surface area (Å²) in [5.41, 5.74) is 0. The predicted octanol–water partition coefficient (Wildman–Crippen LogP) is -0.0752. The first-order chi connectivity index (χ1) is 5.77. The third-order valence-electron chi connectivity index (χ3n) is 1.06. The van der Waals surface area contributed by atoms with Crippen molar-refractivity contribution in [1.82, 2.24) is 0 Å². The van der Waals surface area contributed by atoms with E-state index >= 15 is 0 Å². The number of carboxylic acid groups (broad SMARTS) is 1. The van der Waals surface area contributed by atoms with E-state index in [9.17, 15) is 9.90 Å².